The lowest BCUT2D eigenvalue weighted by molar-refractivity contribution is 0.124. The number of aliphatic hydroxyl groups excluding tert-OH is 1. The first-order valence-corrected chi connectivity index (χ1v) is 13.2. The Hall–Kier alpha value is -0.0800. The van der Waals surface area contributed by atoms with E-state index < -0.39 is 0 Å². The van der Waals surface area contributed by atoms with Gasteiger partial charge >= 0.3 is 0 Å². The molecule has 1 atom stereocenters. The molecule has 28 heavy (non-hydrogen) atoms. The maximum Gasteiger partial charge on any atom is 0.104 e. The molecule has 2 N–H and O–H groups in total. The van der Waals surface area contributed by atoms with Crippen LogP contribution in [0.15, 0.2) is 0 Å². The van der Waals surface area contributed by atoms with E-state index in [1.807, 2.05) is 0 Å². The van der Waals surface area contributed by atoms with Crippen molar-refractivity contribution in [1.82, 2.24) is 5.32 Å². The standard InChI is InChI=1S/C26H55NO/c1-3-5-7-9-10-11-12-13-14-15-16-17-18-19-20-21-22-24-26(28)27-25-23-8-6-4-2/h26-28H,3-25H2,1-2H3. The smallest absolute Gasteiger partial charge is 0.104 e. The monoisotopic (exact) mass is 397 g/mol. The summed E-state index contributed by atoms with van der Waals surface area (Å²) in [6.45, 7) is 5.50. The lowest BCUT2D eigenvalue weighted by atomic mass is 10.0. The van der Waals surface area contributed by atoms with Gasteiger partial charge in [0.05, 0.1) is 0 Å². The number of unbranched alkanes of at least 4 members (excludes halogenated alkanes) is 19. The minimum atomic E-state index is -0.280. The fraction of sp³-hybridized carbons (Fsp3) is 1.00. The molecule has 0 bridgehead atoms. The SMILES string of the molecule is CCCCCCCCCCCCCCCCCCCC(O)NCCCCCC. The summed E-state index contributed by atoms with van der Waals surface area (Å²) >= 11 is 0. The second kappa shape index (κ2) is 25.0. The molecule has 2 nitrogen and oxygen atoms in total. The van der Waals surface area contributed by atoms with E-state index in [-0.39, 0.29) is 6.23 Å². The van der Waals surface area contributed by atoms with Crippen molar-refractivity contribution >= 4 is 0 Å². The van der Waals surface area contributed by atoms with Gasteiger partial charge in [0.15, 0.2) is 0 Å². The van der Waals surface area contributed by atoms with Gasteiger partial charge in [-0.2, -0.15) is 0 Å². The molecule has 0 saturated heterocycles. The quantitative estimate of drug-likeness (QED) is 0.126. The molecule has 2 heteroatoms. The van der Waals surface area contributed by atoms with Crippen LogP contribution in [-0.2, 0) is 0 Å². The Bertz CT molecular complexity index is 269. The van der Waals surface area contributed by atoms with Crippen molar-refractivity contribution in [2.45, 2.75) is 161 Å². The van der Waals surface area contributed by atoms with Crippen molar-refractivity contribution < 1.29 is 5.11 Å². The van der Waals surface area contributed by atoms with Crippen LogP contribution in [0, 0.1) is 0 Å². The maximum absolute atomic E-state index is 9.92. The van der Waals surface area contributed by atoms with Crippen molar-refractivity contribution in [3.8, 4) is 0 Å². The van der Waals surface area contributed by atoms with E-state index >= 15 is 0 Å². The van der Waals surface area contributed by atoms with Gasteiger partial charge in [0.25, 0.3) is 0 Å². The van der Waals surface area contributed by atoms with Crippen LogP contribution in [0.25, 0.3) is 0 Å². The van der Waals surface area contributed by atoms with Gasteiger partial charge in [-0.1, -0.05) is 136 Å². The van der Waals surface area contributed by atoms with Crippen LogP contribution < -0.4 is 5.32 Å². The maximum atomic E-state index is 9.92. The molecule has 0 amide bonds. The van der Waals surface area contributed by atoms with E-state index in [2.05, 4.69) is 19.2 Å². The largest absolute Gasteiger partial charge is 0.379 e. The van der Waals surface area contributed by atoms with Crippen LogP contribution in [0.1, 0.15) is 155 Å². The van der Waals surface area contributed by atoms with Gasteiger partial charge in [0.2, 0.25) is 0 Å². The lowest BCUT2D eigenvalue weighted by Gasteiger charge is -2.12. The number of hydrogen-bond acceptors (Lipinski definition) is 2. The summed E-state index contributed by atoms with van der Waals surface area (Å²) in [5.41, 5.74) is 0. The first-order chi connectivity index (χ1) is 13.8. The number of aliphatic hydroxyl groups is 1. The average molecular weight is 398 g/mol. The zero-order chi connectivity index (χ0) is 20.5. The van der Waals surface area contributed by atoms with E-state index in [0.717, 1.165) is 13.0 Å². The Morgan fingerprint density at radius 3 is 1.18 bits per heavy atom. The molecular weight excluding hydrogens is 342 g/mol. The summed E-state index contributed by atoms with van der Waals surface area (Å²) in [5, 5.41) is 13.2. The first kappa shape index (κ1) is 27.9. The highest BCUT2D eigenvalue weighted by Gasteiger charge is 2.02. The van der Waals surface area contributed by atoms with Gasteiger partial charge in [-0.3, -0.25) is 5.32 Å². The van der Waals surface area contributed by atoms with Gasteiger partial charge < -0.3 is 5.11 Å². The topological polar surface area (TPSA) is 32.3 Å². The molecule has 0 heterocycles. The minimum absolute atomic E-state index is 0.280. The Kier molecular flexibility index (Phi) is 24.9. The van der Waals surface area contributed by atoms with Crippen LogP contribution >= 0.6 is 0 Å². The molecule has 0 aliphatic rings. The summed E-state index contributed by atoms with van der Waals surface area (Å²) in [6, 6.07) is 0. The third-order valence-corrected chi connectivity index (χ3v) is 5.99. The number of rotatable bonds is 24. The zero-order valence-corrected chi connectivity index (χ0v) is 19.8. The summed E-state index contributed by atoms with van der Waals surface area (Å²) in [5.74, 6) is 0. The first-order valence-electron chi connectivity index (χ1n) is 13.2. The van der Waals surface area contributed by atoms with Crippen molar-refractivity contribution in [2.24, 2.45) is 0 Å². The predicted molar refractivity (Wildman–Crippen MR) is 127 cm³/mol. The second-order valence-corrected chi connectivity index (χ2v) is 8.98. The van der Waals surface area contributed by atoms with Crippen LogP contribution in [-0.4, -0.2) is 17.9 Å². The summed E-state index contributed by atoms with van der Waals surface area (Å²) in [6.07, 6.45) is 29.7. The van der Waals surface area contributed by atoms with Crippen molar-refractivity contribution in [3.63, 3.8) is 0 Å². The Morgan fingerprint density at radius 2 is 0.786 bits per heavy atom. The van der Waals surface area contributed by atoms with Crippen LogP contribution in [0.4, 0.5) is 0 Å². The summed E-state index contributed by atoms with van der Waals surface area (Å²) < 4.78 is 0. The summed E-state index contributed by atoms with van der Waals surface area (Å²) in [4.78, 5) is 0. The van der Waals surface area contributed by atoms with Gasteiger partial charge in [-0.05, 0) is 25.8 Å². The van der Waals surface area contributed by atoms with Crippen LogP contribution in [0.2, 0.25) is 0 Å². The molecule has 170 valence electrons. The molecule has 0 fully saturated rings. The molecule has 0 aromatic rings. The fourth-order valence-corrected chi connectivity index (χ4v) is 3.99. The Labute approximate surface area is 178 Å². The third-order valence-electron chi connectivity index (χ3n) is 5.99. The highest BCUT2D eigenvalue weighted by molar-refractivity contribution is 4.56. The van der Waals surface area contributed by atoms with E-state index in [0.29, 0.717) is 0 Å². The lowest BCUT2D eigenvalue weighted by Crippen LogP contribution is -2.29. The minimum Gasteiger partial charge on any atom is -0.379 e. The average Bonchev–Trinajstić information content (AvgIpc) is 2.70. The van der Waals surface area contributed by atoms with Crippen molar-refractivity contribution in [2.75, 3.05) is 6.54 Å². The molecule has 0 aromatic carbocycles. The highest BCUT2D eigenvalue weighted by atomic mass is 16.3. The van der Waals surface area contributed by atoms with Crippen molar-refractivity contribution in [1.29, 1.82) is 0 Å². The fourth-order valence-electron chi connectivity index (χ4n) is 3.99. The zero-order valence-electron chi connectivity index (χ0n) is 19.8. The predicted octanol–water partition coefficient (Wildman–Crippen LogP) is 8.52. The van der Waals surface area contributed by atoms with Gasteiger partial charge in [0.1, 0.15) is 6.23 Å². The molecule has 1 unspecified atom stereocenters. The molecule has 0 spiro atoms. The Morgan fingerprint density at radius 1 is 0.464 bits per heavy atom. The molecule has 0 saturated carbocycles. The summed E-state index contributed by atoms with van der Waals surface area (Å²) in [7, 11) is 0. The molecule has 0 aliphatic heterocycles. The highest BCUT2D eigenvalue weighted by Crippen LogP contribution is 2.14. The van der Waals surface area contributed by atoms with E-state index in [1.54, 1.807) is 0 Å². The molecule has 0 aliphatic carbocycles. The Balaban J connectivity index is 3.08. The number of hydrogen-bond donors (Lipinski definition) is 2. The molecular formula is C26H55NO. The molecule has 0 radical (unpaired) electrons. The van der Waals surface area contributed by atoms with Gasteiger partial charge in [-0.15, -0.1) is 0 Å². The van der Waals surface area contributed by atoms with Crippen molar-refractivity contribution in [3.05, 3.63) is 0 Å². The van der Waals surface area contributed by atoms with E-state index in [1.165, 1.54) is 135 Å². The normalized spacial score (nSPS) is 12.5. The third kappa shape index (κ3) is 24.0. The van der Waals surface area contributed by atoms with E-state index in [9.17, 15) is 5.11 Å². The van der Waals surface area contributed by atoms with Gasteiger partial charge in [-0.25, -0.2) is 0 Å². The number of nitrogens with one attached hydrogen (secondary N) is 1. The van der Waals surface area contributed by atoms with Gasteiger partial charge in [0, 0.05) is 0 Å². The van der Waals surface area contributed by atoms with Crippen LogP contribution in [0.3, 0.4) is 0 Å². The molecule has 0 rings (SSSR count). The van der Waals surface area contributed by atoms with E-state index in [4.69, 9.17) is 0 Å². The molecule has 0 aromatic heterocycles. The second-order valence-electron chi connectivity index (χ2n) is 8.98. The van der Waals surface area contributed by atoms with Crippen LogP contribution in [0.5, 0.6) is 0 Å².